The van der Waals surface area contributed by atoms with Crippen molar-refractivity contribution < 1.29 is 13.2 Å². The summed E-state index contributed by atoms with van der Waals surface area (Å²) in [5.74, 6) is -0.0695. The molecule has 1 aliphatic carbocycles. The van der Waals surface area contributed by atoms with E-state index in [9.17, 15) is 13.2 Å². The number of nitrogens with zero attached hydrogens (tertiary/aromatic N) is 1. The zero-order valence-electron chi connectivity index (χ0n) is 16.2. The van der Waals surface area contributed by atoms with Gasteiger partial charge in [0.1, 0.15) is 0 Å². The number of hydrogen-bond donors (Lipinski definition) is 2. The van der Waals surface area contributed by atoms with Crippen LogP contribution in [0.4, 0.5) is 10.8 Å². The number of aromatic nitrogens is 1. The van der Waals surface area contributed by atoms with Crippen LogP contribution in [0.5, 0.6) is 0 Å². The van der Waals surface area contributed by atoms with Gasteiger partial charge in [-0.3, -0.25) is 9.52 Å². The Kier molecular flexibility index (Phi) is 5.56. The summed E-state index contributed by atoms with van der Waals surface area (Å²) in [7, 11) is -3.68. The molecule has 0 saturated heterocycles. The lowest BCUT2D eigenvalue weighted by Crippen LogP contribution is -2.14. The van der Waals surface area contributed by atoms with Crippen LogP contribution < -0.4 is 10.0 Å². The summed E-state index contributed by atoms with van der Waals surface area (Å²) >= 11 is 1.37. The Morgan fingerprint density at radius 3 is 2.69 bits per heavy atom. The van der Waals surface area contributed by atoms with E-state index in [1.54, 1.807) is 24.3 Å². The largest absolute Gasteiger partial charge is 0.302 e. The van der Waals surface area contributed by atoms with Crippen LogP contribution in [-0.4, -0.2) is 19.3 Å². The Morgan fingerprint density at radius 1 is 1.10 bits per heavy atom. The van der Waals surface area contributed by atoms with Crippen molar-refractivity contribution in [3.63, 3.8) is 0 Å². The van der Waals surface area contributed by atoms with Crippen LogP contribution in [0.1, 0.15) is 43.7 Å². The summed E-state index contributed by atoms with van der Waals surface area (Å²) in [6, 6.07) is 10.6. The number of carbonyl (C=O) groups is 1. The van der Waals surface area contributed by atoms with Crippen LogP contribution in [0.15, 0.2) is 41.3 Å². The molecule has 0 bridgehead atoms. The van der Waals surface area contributed by atoms with E-state index < -0.39 is 10.0 Å². The zero-order chi connectivity index (χ0) is 20.4. The van der Waals surface area contributed by atoms with Crippen molar-refractivity contribution in [3.8, 4) is 0 Å². The highest BCUT2D eigenvalue weighted by molar-refractivity contribution is 7.92. The molecule has 0 unspecified atom stereocenters. The number of hydrogen-bond acceptors (Lipinski definition) is 5. The Labute approximate surface area is 174 Å². The number of fused-ring (bicyclic) bond motifs is 2. The molecule has 0 spiro atoms. The van der Waals surface area contributed by atoms with E-state index in [1.165, 1.54) is 16.9 Å². The van der Waals surface area contributed by atoms with Gasteiger partial charge in [-0.25, -0.2) is 13.4 Å². The summed E-state index contributed by atoms with van der Waals surface area (Å²) in [6.07, 6.45) is 5.41. The molecule has 2 N–H and O–H groups in total. The first-order chi connectivity index (χ1) is 13.9. The van der Waals surface area contributed by atoms with Crippen molar-refractivity contribution in [2.75, 3.05) is 10.0 Å². The molecular weight excluding hydrogens is 406 g/mol. The average Bonchev–Trinajstić information content (AvgIpc) is 3.08. The molecule has 1 aliphatic rings. The predicted octanol–water partition coefficient (Wildman–Crippen LogP) is 4.71. The summed E-state index contributed by atoms with van der Waals surface area (Å²) < 4.78 is 29.3. The SMILES string of the molecule is CCCC(=O)Nc1nc2cc(NS(=O)(=O)c3ccc4c(c3)CCCC4)ccc2s1. The Balaban J connectivity index is 1.56. The monoisotopic (exact) mass is 429 g/mol. The average molecular weight is 430 g/mol. The number of nitrogens with one attached hydrogen (secondary N) is 2. The highest BCUT2D eigenvalue weighted by Gasteiger charge is 2.18. The maximum absolute atomic E-state index is 12.9. The molecule has 0 aliphatic heterocycles. The number of sulfonamides is 1. The number of carbonyl (C=O) groups excluding carboxylic acids is 1. The molecule has 152 valence electrons. The third kappa shape index (κ3) is 4.43. The fourth-order valence-corrected chi connectivity index (χ4v) is 5.51. The van der Waals surface area contributed by atoms with E-state index in [1.807, 2.05) is 19.1 Å². The zero-order valence-corrected chi connectivity index (χ0v) is 17.8. The summed E-state index contributed by atoms with van der Waals surface area (Å²) in [6.45, 7) is 1.94. The van der Waals surface area contributed by atoms with E-state index in [-0.39, 0.29) is 10.8 Å². The molecule has 0 radical (unpaired) electrons. The first-order valence-corrected chi connectivity index (χ1v) is 12.1. The van der Waals surface area contributed by atoms with Crippen molar-refractivity contribution in [2.24, 2.45) is 0 Å². The van der Waals surface area contributed by atoms with Crippen LogP contribution in [0, 0.1) is 0 Å². The third-order valence-electron chi connectivity index (χ3n) is 4.99. The van der Waals surface area contributed by atoms with Gasteiger partial charge in [-0.1, -0.05) is 24.3 Å². The predicted molar refractivity (Wildman–Crippen MR) is 117 cm³/mol. The minimum absolute atomic E-state index is 0.0695. The first kappa shape index (κ1) is 19.8. The van der Waals surface area contributed by atoms with Gasteiger partial charge in [0.25, 0.3) is 10.0 Å². The lowest BCUT2D eigenvalue weighted by Gasteiger charge is -2.17. The van der Waals surface area contributed by atoms with Gasteiger partial charge >= 0.3 is 0 Å². The van der Waals surface area contributed by atoms with Crippen molar-refractivity contribution in [3.05, 3.63) is 47.5 Å². The second-order valence-electron chi connectivity index (χ2n) is 7.24. The van der Waals surface area contributed by atoms with Gasteiger partial charge in [-0.05, 0) is 73.6 Å². The lowest BCUT2D eigenvalue weighted by molar-refractivity contribution is -0.116. The third-order valence-corrected chi connectivity index (χ3v) is 7.32. The number of anilines is 2. The molecule has 0 saturated carbocycles. The number of rotatable bonds is 6. The lowest BCUT2D eigenvalue weighted by atomic mass is 9.92. The molecule has 1 aromatic heterocycles. The highest BCUT2D eigenvalue weighted by Crippen LogP contribution is 2.30. The molecule has 29 heavy (non-hydrogen) atoms. The molecule has 1 amide bonds. The van der Waals surface area contributed by atoms with Crippen LogP contribution in [0.2, 0.25) is 0 Å². The van der Waals surface area contributed by atoms with Crippen molar-refractivity contribution in [1.29, 1.82) is 0 Å². The Morgan fingerprint density at radius 2 is 1.90 bits per heavy atom. The van der Waals surface area contributed by atoms with Gasteiger partial charge in [-0.2, -0.15) is 0 Å². The van der Waals surface area contributed by atoms with Crippen molar-refractivity contribution >= 4 is 48.3 Å². The molecular formula is C21H23N3O3S2. The van der Waals surface area contributed by atoms with E-state index in [4.69, 9.17) is 0 Å². The quantitative estimate of drug-likeness (QED) is 0.594. The number of benzene rings is 2. The van der Waals surface area contributed by atoms with Crippen LogP contribution in [0.25, 0.3) is 10.2 Å². The highest BCUT2D eigenvalue weighted by atomic mass is 32.2. The van der Waals surface area contributed by atoms with Gasteiger partial charge in [0.15, 0.2) is 5.13 Å². The molecule has 0 atom stereocenters. The topological polar surface area (TPSA) is 88.2 Å². The number of aryl methyl sites for hydroxylation is 2. The molecule has 8 heteroatoms. The standard InChI is InChI=1S/C21H23N3O3S2/c1-2-5-20(25)23-21-22-18-13-16(9-11-19(18)28-21)24-29(26,27)17-10-8-14-6-3-4-7-15(14)12-17/h8-13,24H,2-7H2,1H3,(H,22,23,25). The second-order valence-corrected chi connectivity index (χ2v) is 9.96. The van der Waals surface area contributed by atoms with Crippen LogP contribution in [-0.2, 0) is 27.7 Å². The van der Waals surface area contributed by atoms with Gasteiger partial charge in [-0.15, -0.1) is 0 Å². The number of thiazole rings is 1. The van der Waals surface area contributed by atoms with Crippen molar-refractivity contribution in [1.82, 2.24) is 4.98 Å². The minimum atomic E-state index is -3.68. The molecule has 6 nitrogen and oxygen atoms in total. The molecule has 2 aromatic carbocycles. The summed E-state index contributed by atoms with van der Waals surface area (Å²) in [4.78, 5) is 16.5. The normalized spacial score (nSPS) is 13.8. The molecule has 1 heterocycles. The van der Waals surface area contributed by atoms with Gasteiger partial charge in [0, 0.05) is 6.42 Å². The smallest absolute Gasteiger partial charge is 0.261 e. The summed E-state index contributed by atoms with van der Waals surface area (Å²) in [5, 5.41) is 3.31. The van der Waals surface area contributed by atoms with Crippen LogP contribution >= 0.6 is 11.3 Å². The Bertz CT molecular complexity index is 1170. The summed E-state index contributed by atoms with van der Waals surface area (Å²) in [5.41, 5.74) is 3.47. The molecule has 0 fully saturated rings. The number of amides is 1. The van der Waals surface area contributed by atoms with Gasteiger partial charge in [0.2, 0.25) is 5.91 Å². The van der Waals surface area contributed by atoms with E-state index in [0.29, 0.717) is 22.8 Å². The Hall–Kier alpha value is -2.45. The maximum atomic E-state index is 12.9. The minimum Gasteiger partial charge on any atom is -0.302 e. The molecule has 4 rings (SSSR count). The second kappa shape index (κ2) is 8.12. The van der Waals surface area contributed by atoms with E-state index >= 15 is 0 Å². The maximum Gasteiger partial charge on any atom is 0.261 e. The van der Waals surface area contributed by atoms with Gasteiger partial charge in [0.05, 0.1) is 20.8 Å². The fraction of sp³-hybridized carbons (Fsp3) is 0.333. The first-order valence-electron chi connectivity index (χ1n) is 9.80. The van der Waals surface area contributed by atoms with E-state index in [2.05, 4.69) is 15.0 Å². The van der Waals surface area contributed by atoms with Crippen molar-refractivity contribution in [2.45, 2.75) is 50.3 Å². The fourth-order valence-electron chi connectivity index (χ4n) is 3.54. The van der Waals surface area contributed by atoms with Gasteiger partial charge < -0.3 is 5.32 Å². The van der Waals surface area contributed by atoms with Crippen LogP contribution in [0.3, 0.4) is 0 Å². The van der Waals surface area contributed by atoms with E-state index in [0.717, 1.165) is 42.4 Å². The molecule has 3 aromatic rings.